The summed E-state index contributed by atoms with van der Waals surface area (Å²) in [6.07, 6.45) is 6.30. The van der Waals surface area contributed by atoms with Crippen LogP contribution in [0.4, 0.5) is 4.39 Å². The van der Waals surface area contributed by atoms with Gasteiger partial charge in [-0.2, -0.15) is 4.98 Å². The molecule has 0 unspecified atom stereocenters. The van der Waals surface area contributed by atoms with Gasteiger partial charge in [0.05, 0.1) is 12.0 Å². The number of hydrogen-bond acceptors (Lipinski definition) is 5. The molecule has 2 aromatic heterocycles. The van der Waals surface area contributed by atoms with Crippen molar-refractivity contribution in [1.29, 1.82) is 0 Å². The molecule has 0 spiro atoms. The fraction of sp³-hybridized carbons (Fsp3) is 0.333. The normalized spacial score (nSPS) is 16.9. The molecule has 144 valence electrons. The number of nitrogens with zero attached hydrogens (tertiary/aromatic N) is 4. The van der Waals surface area contributed by atoms with Gasteiger partial charge in [-0.15, -0.1) is 0 Å². The number of pyridine rings is 1. The van der Waals surface area contributed by atoms with E-state index in [0.29, 0.717) is 30.8 Å². The van der Waals surface area contributed by atoms with Crippen molar-refractivity contribution < 1.29 is 13.7 Å². The number of amides is 1. The molecular formula is C21H21FN4O2. The van der Waals surface area contributed by atoms with Crippen LogP contribution < -0.4 is 0 Å². The molecule has 1 aliphatic heterocycles. The summed E-state index contributed by atoms with van der Waals surface area (Å²) in [5.41, 5.74) is 1.25. The number of halogens is 1. The number of aromatic nitrogens is 3. The highest BCUT2D eigenvalue weighted by Gasteiger charge is 2.25. The second-order valence-electron chi connectivity index (χ2n) is 7.08. The van der Waals surface area contributed by atoms with Crippen molar-refractivity contribution in [1.82, 2.24) is 20.0 Å². The Balaban J connectivity index is 1.38. The highest BCUT2D eigenvalue weighted by atomic mass is 19.1. The molecule has 3 heterocycles. The Hall–Kier alpha value is -3.09. The zero-order valence-electron chi connectivity index (χ0n) is 15.4. The van der Waals surface area contributed by atoms with Gasteiger partial charge in [-0.05, 0) is 42.5 Å². The van der Waals surface area contributed by atoms with Crippen LogP contribution in [0.2, 0.25) is 0 Å². The van der Waals surface area contributed by atoms with Crippen LogP contribution >= 0.6 is 0 Å². The molecule has 1 atom stereocenters. The van der Waals surface area contributed by atoms with Gasteiger partial charge in [-0.3, -0.25) is 9.78 Å². The zero-order chi connectivity index (χ0) is 19.3. The summed E-state index contributed by atoms with van der Waals surface area (Å²) in [6, 6.07) is 10.1. The maximum atomic E-state index is 13.9. The molecule has 0 radical (unpaired) electrons. The molecule has 28 heavy (non-hydrogen) atoms. The van der Waals surface area contributed by atoms with Crippen molar-refractivity contribution in [3.05, 3.63) is 66.1 Å². The van der Waals surface area contributed by atoms with Gasteiger partial charge < -0.3 is 9.42 Å². The summed E-state index contributed by atoms with van der Waals surface area (Å²) in [5.74, 6) is 0.716. The minimum Gasteiger partial charge on any atom is -0.342 e. The summed E-state index contributed by atoms with van der Waals surface area (Å²) in [7, 11) is 0. The predicted molar refractivity (Wildman–Crippen MR) is 101 cm³/mol. The summed E-state index contributed by atoms with van der Waals surface area (Å²) < 4.78 is 19.2. The van der Waals surface area contributed by atoms with Gasteiger partial charge in [0, 0.05) is 31.9 Å². The summed E-state index contributed by atoms with van der Waals surface area (Å²) in [5, 5.41) is 3.91. The van der Waals surface area contributed by atoms with E-state index < -0.39 is 0 Å². The van der Waals surface area contributed by atoms with Crippen molar-refractivity contribution in [2.24, 2.45) is 5.92 Å². The van der Waals surface area contributed by atoms with Crippen LogP contribution in [0.15, 0.2) is 53.3 Å². The number of carbonyl (C=O) groups excluding carboxylic acids is 1. The van der Waals surface area contributed by atoms with Crippen molar-refractivity contribution in [2.45, 2.75) is 25.7 Å². The minimum atomic E-state index is -0.375. The van der Waals surface area contributed by atoms with E-state index in [0.717, 1.165) is 24.9 Å². The molecule has 0 aliphatic carbocycles. The molecular weight excluding hydrogens is 359 g/mol. The van der Waals surface area contributed by atoms with Gasteiger partial charge >= 0.3 is 0 Å². The van der Waals surface area contributed by atoms with Gasteiger partial charge in [-0.25, -0.2) is 4.39 Å². The molecule has 7 heteroatoms. The molecule has 3 aromatic rings. The van der Waals surface area contributed by atoms with E-state index in [1.54, 1.807) is 30.6 Å². The Morgan fingerprint density at radius 3 is 2.96 bits per heavy atom. The SMILES string of the molecule is O=C(Cc1cccnc1)N1CCC[C@H](Cc2nc(-c3ccccc3F)no2)C1. The Labute approximate surface area is 162 Å². The highest BCUT2D eigenvalue weighted by Crippen LogP contribution is 2.24. The van der Waals surface area contributed by atoms with Crippen LogP contribution in [0.3, 0.4) is 0 Å². The van der Waals surface area contributed by atoms with Crippen LogP contribution in [0, 0.1) is 11.7 Å². The molecule has 0 N–H and O–H groups in total. The van der Waals surface area contributed by atoms with E-state index >= 15 is 0 Å². The lowest BCUT2D eigenvalue weighted by molar-refractivity contribution is -0.132. The van der Waals surface area contributed by atoms with Crippen LogP contribution in [0.5, 0.6) is 0 Å². The van der Waals surface area contributed by atoms with Crippen molar-refractivity contribution in [3.63, 3.8) is 0 Å². The molecule has 1 amide bonds. The average molecular weight is 380 g/mol. The van der Waals surface area contributed by atoms with Crippen LogP contribution in [0.1, 0.15) is 24.3 Å². The first kappa shape index (κ1) is 18.3. The first-order chi connectivity index (χ1) is 13.7. The lowest BCUT2D eigenvalue weighted by Crippen LogP contribution is -2.41. The largest absolute Gasteiger partial charge is 0.342 e. The van der Waals surface area contributed by atoms with E-state index in [-0.39, 0.29) is 23.5 Å². The number of benzene rings is 1. The molecule has 1 aliphatic rings. The maximum absolute atomic E-state index is 13.9. The van der Waals surface area contributed by atoms with Crippen LogP contribution in [0.25, 0.3) is 11.4 Å². The fourth-order valence-corrected chi connectivity index (χ4v) is 3.58. The monoisotopic (exact) mass is 380 g/mol. The standard InChI is InChI=1S/C21H21FN4O2/c22-18-8-2-1-7-17(18)21-24-19(28-25-21)11-16-6-4-10-26(14-16)20(27)12-15-5-3-9-23-13-15/h1-3,5,7-9,13,16H,4,6,10-12,14H2/t16-/m1/s1. The Kier molecular flexibility index (Phi) is 5.41. The molecule has 1 fully saturated rings. The average Bonchev–Trinajstić information content (AvgIpc) is 3.17. The molecule has 4 rings (SSSR count). The number of likely N-dealkylation sites (tertiary alicyclic amines) is 1. The Morgan fingerprint density at radius 2 is 2.14 bits per heavy atom. The van der Waals surface area contributed by atoms with E-state index in [1.807, 2.05) is 17.0 Å². The van der Waals surface area contributed by atoms with Gasteiger partial charge in [0.25, 0.3) is 0 Å². The van der Waals surface area contributed by atoms with Gasteiger partial charge in [-0.1, -0.05) is 23.4 Å². The lowest BCUT2D eigenvalue weighted by atomic mass is 9.94. The molecule has 0 saturated carbocycles. The van der Waals surface area contributed by atoms with E-state index in [1.165, 1.54) is 6.07 Å². The third-order valence-electron chi connectivity index (χ3n) is 5.00. The third-order valence-corrected chi connectivity index (χ3v) is 5.00. The summed E-state index contributed by atoms with van der Waals surface area (Å²) in [4.78, 5) is 22.9. The first-order valence-electron chi connectivity index (χ1n) is 9.43. The van der Waals surface area contributed by atoms with Crippen molar-refractivity contribution in [2.75, 3.05) is 13.1 Å². The number of hydrogen-bond donors (Lipinski definition) is 0. The number of piperidine rings is 1. The lowest BCUT2D eigenvalue weighted by Gasteiger charge is -2.32. The van der Waals surface area contributed by atoms with E-state index in [9.17, 15) is 9.18 Å². The van der Waals surface area contributed by atoms with Crippen LogP contribution in [-0.2, 0) is 17.6 Å². The zero-order valence-corrected chi connectivity index (χ0v) is 15.4. The molecule has 0 bridgehead atoms. The van der Waals surface area contributed by atoms with E-state index in [4.69, 9.17) is 4.52 Å². The quantitative estimate of drug-likeness (QED) is 0.679. The van der Waals surface area contributed by atoms with E-state index in [2.05, 4.69) is 15.1 Å². The minimum absolute atomic E-state index is 0.107. The highest BCUT2D eigenvalue weighted by molar-refractivity contribution is 5.78. The third kappa shape index (κ3) is 4.24. The fourth-order valence-electron chi connectivity index (χ4n) is 3.58. The molecule has 1 saturated heterocycles. The Bertz CT molecular complexity index is 944. The summed E-state index contributed by atoms with van der Waals surface area (Å²) >= 11 is 0. The predicted octanol–water partition coefficient (Wildman–Crippen LogP) is 3.29. The van der Waals surface area contributed by atoms with Gasteiger partial charge in [0.1, 0.15) is 5.82 Å². The van der Waals surface area contributed by atoms with Gasteiger partial charge in [0.15, 0.2) is 0 Å². The van der Waals surface area contributed by atoms with Crippen LogP contribution in [-0.4, -0.2) is 39.0 Å². The molecule has 1 aromatic carbocycles. The second-order valence-corrected chi connectivity index (χ2v) is 7.08. The maximum Gasteiger partial charge on any atom is 0.227 e. The molecule has 6 nitrogen and oxygen atoms in total. The number of carbonyl (C=O) groups is 1. The summed E-state index contributed by atoms with van der Waals surface area (Å²) in [6.45, 7) is 1.43. The van der Waals surface area contributed by atoms with Crippen molar-refractivity contribution >= 4 is 5.91 Å². The number of rotatable bonds is 5. The first-order valence-corrected chi connectivity index (χ1v) is 9.43. The second kappa shape index (κ2) is 8.29. The topological polar surface area (TPSA) is 72.1 Å². The Morgan fingerprint density at radius 1 is 1.25 bits per heavy atom. The van der Waals surface area contributed by atoms with Gasteiger partial charge in [0.2, 0.25) is 17.6 Å². The van der Waals surface area contributed by atoms with Crippen molar-refractivity contribution in [3.8, 4) is 11.4 Å². The smallest absolute Gasteiger partial charge is 0.227 e.